The van der Waals surface area contributed by atoms with Crippen LogP contribution in [0.4, 0.5) is 0 Å². The Labute approximate surface area is 195 Å². The molecule has 0 saturated carbocycles. The van der Waals surface area contributed by atoms with E-state index in [0.717, 1.165) is 53.8 Å². The molecule has 6 heteroatoms. The largest absolute Gasteiger partial charge is 0.497 e. The second-order valence-corrected chi connectivity index (χ2v) is 8.62. The van der Waals surface area contributed by atoms with Crippen LogP contribution in [-0.4, -0.2) is 58.4 Å². The van der Waals surface area contributed by atoms with E-state index < -0.39 is 6.10 Å². The Balaban J connectivity index is 1.34. The van der Waals surface area contributed by atoms with Gasteiger partial charge in [0, 0.05) is 30.9 Å². The van der Waals surface area contributed by atoms with Crippen LogP contribution in [0.5, 0.6) is 5.75 Å². The van der Waals surface area contributed by atoms with Crippen LogP contribution in [0.2, 0.25) is 0 Å². The minimum Gasteiger partial charge on any atom is -0.497 e. The first-order valence-electron chi connectivity index (χ1n) is 11.5. The number of hydrogen-bond acceptors (Lipinski definition) is 6. The summed E-state index contributed by atoms with van der Waals surface area (Å²) in [6.45, 7) is 2.60. The topological polar surface area (TPSA) is 78.7 Å². The Bertz CT molecular complexity index is 1110. The van der Waals surface area contributed by atoms with Gasteiger partial charge in [-0.3, -0.25) is 9.88 Å². The molecule has 4 rings (SSSR count). The van der Waals surface area contributed by atoms with E-state index in [-0.39, 0.29) is 12.5 Å². The maximum absolute atomic E-state index is 11.0. The number of piperidine rings is 1. The lowest BCUT2D eigenvalue weighted by atomic mass is 9.81. The molecule has 0 aliphatic carbocycles. The first-order chi connectivity index (χ1) is 16.2. The molecule has 1 saturated heterocycles. The molecule has 0 amide bonds. The number of likely N-dealkylation sites (tertiary alicyclic amines) is 1. The van der Waals surface area contributed by atoms with Crippen molar-refractivity contribution in [3.05, 3.63) is 66.1 Å². The van der Waals surface area contributed by atoms with E-state index in [9.17, 15) is 10.2 Å². The van der Waals surface area contributed by atoms with E-state index in [4.69, 9.17) is 4.74 Å². The molecule has 1 aromatic carbocycles. The van der Waals surface area contributed by atoms with Gasteiger partial charge in [-0.1, -0.05) is 12.0 Å². The van der Waals surface area contributed by atoms with Gasteiger partial charge < -0.3 is 14.9 Å². The third-order valence-corrected chi connectivity index (χ3v) is 6.55. The minimum absolute atomic E-state index is 0.153. The molecule has 1 fully saturated rings. The summed E-state index contributed by atoms with van der Waals surface area (Å²) in [6.07, 6.45) is 5.42. The lowest BCUT2D eigenvalue weighted by Crippen LogP contribution is -2.42. The number of aliphatic hydroxyl groups excluding tert-OH is 2. The number of benzene rings is 1. The Morgan fingerprint density at radius 3 is 2.85 bits per heavy atom. The third-order valence-electron chi connectivity index (χ3n) is 6.55. The molecule has 0 spiro atoms. The molecular formula is C27H31N3O3. The van der Waals surface area contributed by atoms with Crippen LogP contribution < -0.4 is 4.74 Å². The van der Waals surface area contributed by atoms with Gasteiger partial charge >= 0.3 is 0 Å². The summed E-state index contributed by atoms with van der Waals surface area (Å²) in [6, 6.07) is 13.3. The van der Waals surface area contributed by atoms with E-state index >= 15 is 0 Å². The summed E-state index contributed by atoms with van der Waals surface area (Å²) in [4.78, 5) is 10.9. The second kappa shape index (κ2) is 11.2. The van der Waals surface area contributed by atoms with Crippen molar-refractivity contribution in [3.8, 4) is 17.6 Å². The highest BCUT2D eigenvalue weighted by Crippen LogP contribution is 2.33. The van der Waals surface area contributed by atoms with Crippen molar-refractivity contribution in [2.75, 3.05) is 33.4 Å². The van der Waals surface area contributed by atoms with Crippen LogP contribution in [0.3, 0.4) is 0 Å². The van der Waals surface area contributed by atoms with E-state index in [0.29, 0.717) is 18.9 Å². The molecule has 1 aliphatic heterocycles. The fraction of sp³-hybridized carbons (Fsp3) is 0.407. The molecule has 0 bridgehead atoms. The maximum atomic E-state index is 11.0. The van der Waals surface area contributed by atoms with Crippen molar-refractivity contribution >= 4 is 10.9 Å². The number of hydrogen-bond donors (Lipinski definition) is 2. The summed E-state index contributed by atoms with van der Waals surface area (Å²) in [5.74, 6) is 7.64. The lowest BCUT2D eigenvalue weighted by Gasteiger charge is -2.37. The SMILES string of the molecule is COc1ccc2nccc([C@H](O)CC[C@@H]3CCN(CC#Cc4ccccn4)C[C@@H]3CO)c2c1. The summed E-state index contributed by atoms with van der Waals surface area (Å²) in [5, 5.41) is 21.9. The molecule has 3 atom stereocenters. The molecule has 6 nitrogen and oxygen atoms in total. The standard InChI is InChI=1S/C27H31N3O3/c1-33-23-8-9-26-25(17-23)24(11-14-29-26)27(32)10-7-20-12-16-30(18-21(20)19-31)15-4-6-22-5-2-3-13-28-22/h2-3,5,8-9,11,13-14,17,20-21,27,31-32H,7,10,12,15-16,18-19H2,1H3/t20-,21-,27-/m1/s1. The van der Waals surface area contributed by atoms with Crippen LogP contribution >= 0.6 is 0 Å². The number of rotatable bonds is 7. The molecule has 0 radical (unpaired) electrons. The number of aliphatic hydroxyl groups is 2. The fourth-order valence-electron chi connectivity index (χ4n) is 4.66. The Hall–Kier alpha value is -2.98. The molecule has 1 aliphatic rings. The van der Waals surface area contributed by atoms with Crippen molar-refractivity contribution < 1.29 is 14.9 Å². The number of ether oxygens (including phenoxy) is 1. The van der Waals surface area contributed by atoms with E-state index in [1.54, 1.807) is 19.5 Å². The van der Waals surface area contributed by atoms with Gasteiger partial charge in [-0.25, -0.2) is 4.98 Å². The van der Waals surface area contributed by atoms with Gasteiger partial charge in [0.1, 0.15) is 11.4 Å². The minimum atomic E-state index is -0.579. The highest BCUT2D eigenvalue weighted by Gasteiger charge is 2.29. The van der Waals surface area contributed by atoms with E-state index in [1.807, 2.05) is 42.5 Å². The molecule has 2 aromatic heterocycles. The lowest BCUT2D eigenvalue weighted by molar-refractivity contribution is 0.0640. The number of pyridine rings is 2. The first-order valence-corrected chi connectivity index (χ1v) is 11.5. The smallest absolute Gasteiger partial charge is 0.119 e. The zero-order valence-electron chi connectivity index (χ0n) is 19.0. The van der Waals surface area contributed by atoms with Crippen molar-refractivity contribution in [3.63, 3.8) is 0 Å². The van der Waals surface area contributed by atoms with Gasteiger partial charge in [-0.15, -0.1) is 0 Å². The second-order valence-electron chi connectivity index (χ2n) is 8.62. The van der Waals surface area contributed by atoms with Crippen molar-refractivity contribution in [1.82, 2.24) is 14.9 Å². The van der Waals surface area contributed by atoms with Crippen molar-refractivity contribution in [2.45, 2.75) is 25.4 Å². The Kier molecular flexibility index (Phi) is 7.90. The zero-order chi connectivity index (χ0) is 23.0. The van der Waals surface area contributed by atoms with Gasteiger partial charge in [0.15, 0.2) is 0 Å². The highest BCUT2D eigenvalue weighted by molar-refractivity contribution is 5.83. The highest BCUT2D eigenvalue weighted by atomic mass is 16.5. The van der Waals surface area contributed by atoms with Crippen LogP contribution in [-0.2, 0) is 0 Å². The van der Waals surface area contributed by atoms with Crippen LogP contribution in [0, 0.1) is 23.7 Å². The first kappa shape index (κ1) is 23.2. The summed E-state index contributed by atoms with van der Waals surface area (Å²) in [7, 11) is 1.64. The molecule has 2 N–H and O–H groups in total. The number of fused-ring (bicyclic) bond motifs is 1. The number of nitrogens with zero attached hydrogens (tertiary/aromatic N) is 3. The van der Waals surface area contributed by atoms with Crippen molar-refractivity contribution in [1.29, 1.82) is 0 Å². The summed E-state index contributed by atoms with van der Waals surface area (Å²) in [5.41, 5.74) is 2.50. The Morgan fingerprint density at radius 1 is 1.15 bits per heavy atom. The number of aromatic nitrogens is 2. The van der Waals surface area contributed by atoms with Gasteiger partial charge in [0.05, 0.1) is 25.3 Å². The quantitative estimate of drug-likeness (QED) is 0.543. The third kappa shape index (κ3) is 5.88. The van der Waals surface area contributed by atoms with E-state index in [1.165, 1.54) is 0 Å². The normalized spacial score (nSPS) is 19.6. The van der Waals surface area contributed by atoms with Gasteiger partial charge in [-0.2, -0.15) is 0 Å². The molecular weight excluding hydrogens is 414 g/mol. The summed E-state index contributed by atoms with van der Waals surface area (Å²) < 4.78 is 5.35. The molecule has 3 heterocycles. The number of methoxy groups -OCH3 is 1. The average molecular weight is 446 g/mol. The zero-order valence-corrected chi connectivity index (χ0v) is 19.0. The van der Waals surface area contributed by atoms with Crippen molar-refractivity contribution in [2.24, 2.45) is 11.8 Å². The molecule has 0 unspecified atom stereocenters. The molecule has 33 heavy (non-hydrogen) atoms. The monoisotopic (exact) mass is 445 g/mol. The Morgan fingerprint density at radius 2 is 2.06 bits per heavy atom. The van der Waals surface area contributed by atoms with E-state index in [2.05, 4.69) is 26.7 Å². The van der Waals surface area contributed by atoms with Gasteiger partial charge in [0.25, 0.3) is 0 Å². The predicted octanol–water partition coefficient (Wildman–Crippen LogP) is 3.43. The predicted molar refractivity (Wildman–Crippen MR) is 129 cm³/mol. The van der Waals surface area contributed by atoms with Crippen LogP contribution in [0.15, 0.2) is 54.9 Å². The molecule has 172 valence electrons. The van der Waals surface area contributed by atoms with Gasteiger partial charge in [0.2, 0.25) is 0 Å². The maximum Gasteiger partial charge on any atom is 0.119 e. The summed E-state index contributed by atoms with van der Waals surface area (Å²) >= 11 is 0. The van der Waals surface area contributed by atoms with Crippen LogP contribution in [0.25, 0.3) is 10.9 Å². The van der Waals surface area contributed by atoms with Crippen LogP contribution in [0.1, 0.15) is 36.6 Å². The average Bonchev–Trinajstić information content (AvgIpc) is 2.87. The molecule has 3 aromatic rings. The fourth-order valence-corrected chi connectivity index (χ4v) is 4.66. The van der Waals surface area contributed by atoms with Gasteiger partial charge in [-0.05, 0) is 85.5 Å².